The summed E-state index contributed by atoms with van der Waals surface area (Å²) in [7, 11) is 0. The van der Waals surface area contributed by atoms with Crippen molar-refractivity contribution in [1.29, 1.82) is 0 Å². The minimum absolute atomic E-state index is 0.289. The van der Waals surface area contributed by atoms with Crippen molar-refractivity contribution in [3.05, 3.63) is 12.2 Å². The summed E-state index contributed by atoms with van der Waals surface area (Å²) in [5.74, 6) is -0.890. The molecule has 0 rings (SSSR count). The number of carboxylic acid groups (broad SMARTS) is 1. The van der Waals surface area contributed by atoms with Crippen molar-refractivity contribution in [2.45, 2.75) is 31.4 Å². The maximum Gasteiger partial charge on any atom is 0.328 e. The SMILES string of the molecule is CCC(CC)(CNC/C=C/C(=O)O)SC. The van der Waals surface area contributed by atoms with Gasteiger partial charge in [-0.2, -0.15) is 11.8 Å². The fourth-order valence-electron chi connectivity index (χ4n) is 1.40. The second-order valence-electron chi connectivity index (χ2n) is 3.47. The van der Waals surface area contributed by atoms with Crippen molar-refractivity contribution in [2.24, 2.45) is 0 Å². The molecule has 0 fully saturated rings. The van der Waals surface area contributed by atoms with Crippen LogP contribution in [0.25, 0.3) is 0 Å². The summed E-state index contributed by atoms with van der Waals surface area (Å²) in [4.78, 5) is 10.2. The van der Waals surface area contributed by atoms with Crippen molar-refractivity contribution in [3.63, 3.8) is 0 Å². The zero-order valence-corrected chi connectivity index (χ0v) is 10.6. The first-order valence-corrected chi connectivity index (χ1v) is 6.48. The molecule has 0 unspecified atom stereocenters. The molecule has 0 aliphatic heterocycles. The molecule has 0 amide bonds. The van der Waals surface area contributed by atoms with E-state index < -0.39 is 5.97 Å². The lowest BCUT2D eigenvalue weighted by Gasteiger charge is -2.29. The number of nitrogens with one attached hydrogen (secondary N) is 1. The smallest absolute Gasteiger partial charge is 0.328 e. The number of rotatable bonds is 8. The molecule has 0 saturated heterocycles. The van der Waals surface area contributed by atoms with Crippen LogP contribution in [0.15, 0.2) is 12.2 Å². The number of thioether (sulfide) groups is 1. The van der Waals surface area contributed by atoms with Crippen molar-refractivity contribution in [3.8, 4) is 0 Å². The molecule has 0 bridgehead atoms. The Kier molecular flexibility index (Phi) is 7.52. The van der Waals surface area contributed by atoms with Crippen LogP contribution in [-0.4, -0.2) is 35.2 Å². The molecule has 2 N–H and O–H groups in total. The average molecular weight is 231 g/mol. The van der Waals surface area contributed by atoms with Crippen LogP contribution in [0.4, 0.5) is 0 Å². The number of carboxylic acids is 1. The summed E-state index contributed by atoms with van der Waals surface area (Å²) in [6.07, 6.45) is 7.19. The fraction of sp³-hybridized carbons (Fsp3) is 0.727. The third-order valence-corrected chi connectivity index (χ3v) is 4.28. The quantitative estimate of drug-likeness (QED) is 0.496. The van der Waals surface area contributed by atoms with Crippen molar-refractivity contribution in [1.82, 2.24) is 5.32 Å². The van der Waals surface area contributed by atoms with Gasteiger partial charge in [-0.05, 0) is 19.1 Å². The van der Waals surface area contributed by atoms with E-state index in [1.165, 1.54) is 6.08 Å². The first-order valence-electron chi connectivity index (χ1n) is 5.25. The average Bonchev–Trinajstić information content (AvgIpc) is 2.24. The van der Waals surface area contributed by atoms with E-state index >= 15 is 0 Å². The Morgan fingerprint density at radius 2 is 2.07 bits per heavy atom. The molecule has 0 aliphatic carbocycles. The van der Waals surface area contributed by atoms with E-state index in [1.54, 1.807) is 6.08 Å². The maximum absolute atomic E-state index is 10.2. The van der Waals surface area contributed by atoms with Gasteiger partial charge in [-0.15, -0.1) is 0 Å². The van der Waals surface area contributed by atoms with Gasteiger partial charge in [0, 0.05) is 23.9 Å². The van der Waals surface area contributed by atoms with Crippen LogP contribution in [0.1, 0.15) is 26.7 Å². The van der Waals surface area contributed by atoms with E-state index in [-0.39, 0.29) is 4.75 Å². The molecule has 0 spiro atoms. The van der Waals surface area contributed by atoms with Gasteiger partial charge >= 0.3 is 5.97 Å². The van der Waals surface area contributed by atoms with Gasteiger partial charge in [-0.1, -0.05) is 19.9 Å². The Hall–Kier alpha value is -0.480. The highest BCUT2D eigenvalue weighted by Crippen LogP contribution is 2.29. The predicted molar refractivity (Wildman–Crippen MR) is 66.5 cm³/mol. The maximum atomic E-state index is 10.2. The lowest BCUT2D eigenvalue weighted by atomic mass is 10.0. The summed E-state index contributed by atoms with van der Waals surface area (Å²) < 4.78 is 0.289. The van der Waals surface area contributed by atoms with Gasteiger partial charge in [-0.25, -0.2) is 4.79 Å². The molecule has 0 aromatic rings. The molecular weight excluding hydrogens is 210 g/mol. The highest BCUT2D eigenvalue weighted by atomic mass is 32.2. The van der Waals surface area contributed by atoms with Gasteiger partial charge in [0.1, 0.15) is 0 Å². The summed E-state index contributed by atoms with van der Waals surface area (Å²) >= 11 is 1.88. The molecule has 0 atom stereocenters. The van der Waals surface area contributed by atoms with Gasteiger partial charge in [0.05, 0.1) is 0 Å². The Bertz CT molecular complexity index is 204. The lowest BCUT2D eigenvalue weighted by Crippen LogP contribution is -2.36. The first-order chi connectivity index (χ1) is 7.10. The van der Waals surface area contributed by atoms with E-state index in [4.69, 9.17) is 5.11 Å². The Morgan fingerprint density at radius 1 is 1.47 bits per heavy atom. The topological polar surface area (TPSA) is 49.3 Å². The third-order valence-electron chi connectivity index (χ3n) is 2.69. The molecule has 88 valence electrons. The highest BCUT2D eigenvalue weighted by Gasteiger charge is 2.23. The molecule has 15 heavy (non-hydrogen) atoms. The van der Waals surface area contributed by atoms with Gasteiger partial charge in [0.2, 0.25) is 0 Å². The molecule has 0 aromatic carbocycles. The van der Waals surface area contributed by atoms with Crippen molar-refractivity contribution in [2.75, 3.05) is 19.3 Å². The van der Waals surface area contributed by atoms with Gasteiger partial charge in [0.15, 0.2) is 0 Å². The van der Waals surface area contributed by atoms with E-state index in [0.717, 1.165) is 19.4 Å². The molecule has 4 heteroatoms. The van der Waals surface area contributed by atoms with Crippen molar-refractivity contribution < 1.29 is 9.90 Å². The van der Waals surface area contributed by atoms with E-state index in [2.05, 4.69) is 25.4 Å². The summed E-state index contributed by atoms with van der Waals surface area (Å²) in [6, 6.07) is 0. The Morgan fingerprint density at radius 3 is 2.47 bits per heavy atom. The minimum atomic E-state index is -0.890. The molecule has 3 nitrogen and oxygen atoms in total. The number of hydrogen-bond donors (Lipinski definition) is 2. The third kappa shape index (κ3) is 5.85. The zero-order chi connectivity index (χ0) is 11.7. The number of carbonyl (C=O) groups is 1. The number of aliphatic carboxylic acids is 1. The predicted octanol–water partition coefficient (Wildman–Crippen LogP) is 2.14. The molecule has 0 aromatic heterocycles. The summed E-state index contributed by atoms with van der Waals surface area (Å²) in [5.41, 5.74) is 0. The second kappa shape index (κ2) is 7.77. The monoisotopic (exact) mass is 231 g/mol. The molecule has 0 saturated carbocycles. The zero-order valence-electron chi connectivity index (χ0n) is 9.75. The van der Waals surface area contributed by atoms with E-state index in [1.807, 2.05) is 11.8 Å². The van der Waals surface area contributed by atoms with Crippen LogP contribution >= 0.6 is 11.8 Å². The second-order valence-corrected chi connectivity index (χ2v) is 4.74. The van der Waals surface area contributed by atoms with Crippen LogP contribution in [0.3, 0.4) is 0 Å². The van der Waals surface area contributed by atoms with Crippen LogP contribution in [-0.2, 0) is 4.79 Å². The number of hydrogen-bond acceptors (Lipinski definition) is 3. The standard InChI is InChI=1S/C11H21NO2S/c1-4-11(5-2,15-3)9-12-8-6-7-10(13)14/h6-7,12H,4-5,8-9H2,1-3H3,(H,13,14)/b7-6+. The summed E-state index contributed by atoms with van der Waals surface area (Å²) in [6.45, 7) is 5.92. The highest BCUT2D eigenvalue weighted by molar-refractivity contribution is 8.00. The van der Waals surface area contributed by atoms with Crippen molar-refractivity contribution >= 4 is 17.7 Å². The normalized spacial score (nSPS) is 12.2. The fourth-order valence-corrected chi connectivity index (χ4v) is 2.23. The van der Waals surface area contributed by atoms with Gasteiger partial charge < -0.3 is 10.4 Å². The van der Waals surface area contributed by atoms with E-state index in [0.29, 0.717) is 6.54 Å². The molecule has 0 heterocycles. The van der Waals surface area contributed by atoms with Crippen LogP contribution < -0.4 is 5.32 Å². The van der Waals surface area contributed by atoms with Crippen LogP contribution in [0.5, 0.6) is 0 Å². The lowest BCUT2D eigenvalue weighted by molar-refractivity contribution is -0.131. The minimum Gasteiger partial charge on any atom is -0.478 e. The Balaban J connectivity index is 3.86. The molecule has 0 aliphatic rings. The van der Waals surface area contributed by atoms with Crippen LogP contribution in [0, 0.1) is 0 Å². The Labute approximate surface area is 96.3 Å². The van der Waals surface area contributed by atoms with Gasteiger partial charge in [0.25, 0.3) is 0 Å². The van der Waals surface area contributed by atoms with Crippen LogP contribution in [0.2, 0.25) is 0 Å². The summed E-state index contributed by atoms with van der Waals surface area (Å²) in [5, 5.41) is 11.7. The molecular formula is C11H21NO2S. The molecule has 0 radical (unpaired) electrons. The van der Waals surface area contributed by atoms with Gasteiger partial charge in [-0.3, -0.25) is 0 Å². The largest absolute Gasteiger partial charge is 0.478 e. The first kappa shape index (κ1) is 14.5. The van der Waals surface area contributed by atoms with E-state index in [9.17, 15) is 4.79 Å².